The van der Waals surface area contributed by atoms with E-state index in [-0.39, 0.29) is 0 Å². The normalized spacial score (nSPS) is 16.5. The zero-order valence-corrected chi connectivity index (χ0v) is 15.2. The molecule has 1 heterocycles. The maximum Gasteiger partial charge on any atom is 0.0989 e. The van der Waals surface area contributed by atoms with E-state index in [0.29, 0.717) is 0 Å². The van der Waals surface area contributed by atoms with Crippen LogP contribution in [-0.2, 0) is 0 Å². The van der Waals surface area contributed by atoms with E-state index in [9.17, 15) is 0 Å². The molecule has 0 bridgehead atoms. The van der Waals surface area contributed by atoms with Gasteiger partial charge in [-0.1, -0.05) is 48.5 Å². The minimum Gasteiger partial charge on any atom is -0.360 e. The van der Waals surface area contributed by atoms with Crippen molar-refractivity contribution < 1.29 is 4.90 Å². The van der Waals surface area contributed by atoms with Crippen LogP contribution in [0.25, 0.3) is 6.08 Å². The Morgan fingerprint density at radius 2 is 1.75 bits per heavy atom. The summed E-state index contributed by atoms with van der Waals surface area (Å²) in [5.41, 5.74) is 6.95. The molecule has 1 aliphatic heterocycles. The van der Waals surface area contributed by atoms with Gasteiger partial charge in [0.25, 0.3) is 0 Å². The van der Waals surface area contributed by atoms with Crippen molar-refractivity contribution in [3.8, 4) is 0 Å². The van der Waals surface area contributed by atoms with Gasteiger partial charge in [-0.25, -0.2) is 0 Å². The molecule has 0 spiro atoms. The first-order chi connectivity index (χ1) is 11.6. The number of nitrogens with zero attached hydrogens (tertiary/aromatic N) is 1. The third kappa shape index (κ3) is 4.27. The largest absolute Gasteiger partial charge is 0.360 e. The molecule has 0 radical (unpaired) electrons. The first-order valence-electron chi connectivity index (χ1n) is 9.00. The third-order valence-corrected chi connectivity index (χ3v) is 4.92. The third-order valence-electron chi connectivity index (χ3n) is 4.92. The predicted octanol–water partition coefficient (Wildman–Crippen LogP) is 3.11. The van der Waals surface area contributed by atoms with Gasteiger partial charge in [0.15, 0.2) is 0 Å². The summed E-state index contributed by atoms with van der Waals surface area (Å²) in [6.45, 7) is 12.5. The number of anilines is 1. The number of hydrogen-bond acceptors (Lipinski definition) is 1. The Hall–Kier alpha value is -2.06. The van der Waals surface area contributed by atoms with Gasteiger partial charge in [-0.05, 0) is 49.1 Å². The number of quaternary nitrogens is 1. The van der Waals surface area contributed by atoms with Crippen molar-refractivity contribution in [3.63, 3.8) is 0 Å². The highest BCUT2D eigenvalue weighted by Crippen LogP contribution is 2.21. The second kappa shape index (κ2) is 7.67. The lowest BCUT2D eigenvalue weighted by molar-refractivity contribution is -0.895. The molecule has 0 aromatic heterocycles. The van der Waals surface area contributed by atoms with Crippen molar-refractivity contribution in [2.75, 3.05) is 37.6 Å². The van der Waals surface area contributed by atoms with E-state index < -0.39 is 0 Å². The molecule has 0 saturated carbocycles. The van der Waals surface area contributed by atoms with Crippen LogP contribution in [0.15, 0.2) is 54.1 Å². The fraction of sp³-hybridized carbons (Fsp3) is 0.364. The summed E-state index contributed by atoms with van der Waals surface area (Å²) in [6.07, 6.45) is 2.32. The summed E-state index contributed by atoms with van der Waals surface area (Å²) in [5.74, 6) is 0. The first-order valence-corrected chi connectivity index (χ1v) is 9.00. The zero-order valence-electron chi connectivity index (χ0n) is 15.2. The number of nitrogens with one attached hydrogen (secondary N) is 1. The monoisotopic (exact) mass is 321 g/mol. The van der Waals surface area contributed by atoms with Crippen LogP contribution < -0.4 is 9.80 Å². The Bertz CT molecular complexity index is 695. The number of rotatable bonds is 4. The molecule has 2 nitrogen and oxygen atoms in total. The van der Waals surface area contributed by atoms with Crippen molar-refractivity contribution in [3.05, 3.63) is 70.8 Å². The second-order valence-electron chi connectivity index (χ2n) is 7.11. The van der Waals surface area contributed by atoms with Crippen LogP contribution in [0.4, 0.5) is 5.69 Å². The van der Waals surface area contributed by atoms with E-state index in [1.807, 2.05) is 0 Å². The van der Waals surface area contributed by atoms with Crippen molar-refractivity contribution in [1.82, 2.24) is 0 Å². The second-order valence-corrected chi connectivity index (χ2v) is 7.11. The fourth-order valence-electron chi connectivity index (χ4n) is 3.58. The Labute approximate surface area is 146 Å². The van der Waals surface area contributed by atoms with E-state index >= 15 is 0 Å². The van der Waals surface area contributed by atoms with Crippen LogP contribution in [-0.4, -0.2) is 32.7 Å². The molecule has 126 valence electrons. The van der Waals surface area contributed by atoms with Crippen molar-refractivity contribution in [2.24, 2.45) is 0 Å². The lowest BCUT2D eigenvalue weighted by Crippen LogP contribution is -3.15. The van der Waals surface area contributed by atoms with Crippen molar-refractivity contribution >= 4 is 11.8 Å². The molecule has 24 heavy (non-hydrogen) atoms. The van der Waals surface area contributed by atoms with Gasteiger partial charge in [-0.3, -0.25) is 0 Å². The molecule has 1 fully saturated rings. The molecule has 0 amide bonds. The van der Waals surface area contributed by atoms with Gasteiger partial charge >= 0.3 is 0 Å². The molecule has 0 atom stereocenters. The van der Waals surface area contributed by atoms with Gasteiger partial charge in [0.1, 0.15) is 0 Å². The van der Waals surface area contributed by atoms with Gasteiger partial charge in [0, 0.05) is 5.69 Å². The Morgan fingerprint density at radius 1 is 1.04 bits per heavy atom. The zero-order chi connectivity index (χ0) is 16.9. The highest BCUT2D eigenvalue weighted by Gasteiger charge is 2.21. The minimum atomic E-state index is 1.15. The lowest BCUT2D eigenvalue weighted by Gasteiger charge is -2.34. The van der Waals surface area contributed by atoms with E-state index in [0.717, 1.165) is 19.6 Å². The maximum atomic E-state index is 2.56. The lowest BCUT2D eigenvalue weighted by atomic mass is 10.1. The van der Waals surface area contributed by atoms with Crippen LogP contribution in [0.5, 0.6) is 0 Å². The van der Waals surface area contributed by atoms with Crippen molar-refractivity contribution in [2.45, 2.75) is 20.8 Å². The first kappa shape index (κ1) is 16.8. The molecule has 1 aliphatic rings. The average molecular weight is 321 g/mol. The molecule has 1 N–H and O–H groups in total. The van der Waals surface area contributed by atoms with Crippen LogP contribution in [0, 0.1) is 13.8 Å². The summed E-state index contributed by atoms with van der Waals surface area (Å²) in [4.78, 5) is 4.25. The van der Waals surface area contributed by atoms with Crippen LogP contribution >= 0.6 is 0 Å². The van der Waals surface area contributed by atoms with Crippen LogP contribution in [0.2, 0.25) is 0 Å². The van der Waals surface area contributed by atoms with E-state index in [1.165, 1.54) is 41.0 Å². The quantitative estimate of drug-likeness (QED) is 0.909. The van der Waals surface area contributed by atoms with E-state index in [2.05, 4.69) is 80.3 Å². The molecule has 0 aliphatic carbocycles. The topological polar surface area (TPSA) is 7.68 Å². The molecule has 3 rings (SSSR count). The number of hydrogen-bond donors (Lipinski definition) is 1. The van der Waals surface area contributed by atoms with Crippen LogP contribution in [0.1, 0.15) is 23.6 Å². The number of piperazine rings is 1. The SMILES string of the molecule is C/C(=C\c1ccccc1)C[NH+]1CCN(c2cc(C)ccc2C)CC1. The molecular formula is C22H29N2+. The summed E-state index contributed by atoms with van der Waals surface area (Å²) in [7, 11) is 0. The maximum absolute atomic E-state index is 2.56. The summed E-state index contributed by atoms with van der Waals surface area (Å²) in [6, 6.07) is 17.4. The van der Waals surface area contributed by atoms with Gasteiger partial charge in [0.2, 0.25) is 0 Å². The highest BCUT2D eigenvalue weighted by molar-refractivity contribution is 5.55. The van der Waals surface area contributed by atoms with Crippen LogP contribution in [0.3, 0.4) is 0 Å². The summed E-state index contributed by atoms with van der Waals surface area (Å²) in [5, 5.41) is 0. The Kier molecular flexibility index (Phi) is 5.37. The summed E-state index contributed by atoms with van der Waals surface area (Å²) < 4.78 is 0. The average Bonchev–Trinajstić information content (AvgIpc) is 2.59. The van der Waals surface area contributed by atoms with E-state index in [4.69, 9.17) is 0 Å². The van der Waals surface area contributed by atoms with Gasteiger partial charge in [-0.15, -0.1) is 0 Å². The minimum absolute atomic E-state index is 1.15. The highest BCUT2D eigenvalue weighted by atomic mass is 15.3. The molecule has 2 aromatic rings. The molecule has 2 aromatic carbocycles. The molecule has 0 unspecified atom stereocenters. The Morgan fingerprint density at radius 3 is 2.46 bits per heavy atom. The fourth-order valence-corrected chi connectivity index (χ4v) is 3.58. The number of benzene rings is 2. The molecule has 1 saturated heterocycles. The predicted molar refractivity (Wildman–Crippen MR) is 104 cm³/mol. The standard InChI is InChI=1S/C22H28N2/c1-18-9-10-20(3)22(16-18)24-13-11-23(12-14-24)17-19(2)15-21-7-5-4-6-8-21/h4-10,15-16H,11-14,17H2,1-3H3/p+1/b19-15+. The van der Waals surface area contributed by atoms with Crippen molar-refractivity contribution in [1.29, 1.82) is 0 Å². The van der Waals surface area contributed by atoms with Gasteiger partial charge < -0.3 is 9.80 Å². The summed E-state index contributed by atoms with van der Waals surface area (Å²) >= 11 is 0. The van der Waals surface area contributed by atoms with Gasteiger partial charge in [0.05, 0.1) is 32.7 Å². The number of aryl methyl sites for hydroxylation is 2. The van der Waals surface area contributed by atoms with Gasteiger partial charge in [-0.2, -0.15) is 0 Å². The molecule has 2 heteroatoms. The Balaban J connectivity index is 1.57. The smallest absolute Gasteiger partial charge is 0.0989 e. The molecular weight excluding hydrogens is 292 g/mol. The van der Waals surface area contributed by atoms with E-state index in [1.54, 1.807) is 4.90 Å².